The predicted molar refractivity (Wildman–Crippen MR) is 123 cm³/mol. The Morgan fingerprint density at radius 1 is 1.00 bits per heavy atom. The fourth-order valence-corrected chi connectivity index (χ4v) is 4.03. The van der Waals surface area contributed by atoms with Gasteiger partial charge in [-0.1, -0.05) is 60.7 Å². The number of hydrogen-bond donors (Lipinski definition) is 1. The number of rotatable bonds is 6. The number of amides is 2. The topological polar surface area (TPSA) is 71.5 Å². The molecule has 1 aliphatic rings. The number of benzene rings is 2. The second-order valence-electron chi connectivity index (χ2n) is 7.88. The van der Waals surface area contributed by atoms with E-state index in [2.05, 4.69) is 34.6 Å². The number of nitrogens with one attached hydrogen (secondary N) is 1. The van der Waals surface area contributed by atoms with Gasteiger partial charge in [-0.3, -0.25) is 14.6 Å². The second-order valence-corrected chi connectivity index (χ2v) is 7.88. The SMILES string of the molecule is CCNC(=O)C1(Cc2ccc(-c3ccccc3)cc2)CN(C(=O)c2ccccn2)CCO1. The molecule has 6 heteroatoms. The van der Waals surface area contributed by atoms with Gasteiger partial charge in [-0.05, 0) is 35.7 Å². The van der Waals surface area contributed by atoms with Crippen LogP contribution in [0.25, 0.3) is 11.1 Å². The summed E-state index contributed by atoms with van der Waals surface area (Å²) in [6.07, 6.45) is 1.97. The average Bonchev–Trinajstić information content (AvgIpc) is 2.85. The highest BCUT2D eigenvalue weighted by atomic mass is 16.5. The molecule has 2 amide bonds. The van der Waals surface area contributed by atoms with Crippen LogP contribution in [0, 0.1) is 0 Å². The first-order chi connectivity index (χ1) is 15.6. The summed E-state index contributed by atoms with van der Waals surface area (Å²) in [6, 6.07) is 23.5. The van der Waals surface area contributed by atoms with E-state index in [0.29, 0.717) is 25.2 Å². The minimum Gasteiger partial charge on any atom is -0.361 e. The van der Waals surface area contributed by atoms with Crippen molar-refractivity contribution >= 4 is 11.8 Å². The Kier molecular flexibility index (Phi) is 6.61. The Morgan fingerprint density at radius 2 is 1.72 bits per heavy atom. The molecule has 1 atom stereocenters. The number of pyridine rings is 1. The van der Waals surface area contributed by atoms with Gasteiger partial charge < -0.3 is 15.0 Å². The first-order valence-corrected chi connectivity index (χ1v) is 10.9. The zero-order chi connectivity index (χ0) is 22.4. The summed E-state index contributed by atoms with van der Waals surface area (Å²) < 4.78 is 6.09. The number of aromatic nitrogens is 1. The van der Waals surface area contributed by atoms with Crippen LogP contribution in [0.15, 0.2) is 79.0 Å². The number of nitrogens with zero attached hydrogens (tertiary/aromatic N) is 2. The third-order valence-corrected chi connectivity index (χ3v) is 5.66. The van der Waals surface area contributed by atoms with Crippen LogP contribution in [0.3, 0.4) is 0 Å². The monoisotopic (exact) mass is 429 g/mol. The van der Waals surface area contributed by atoms with Crippen molar-refractivity contribution in [1.29, 1.82) is 0 Å². The Labute approximate surface area is 188 Å². The van der Waals surface area contributed by atoms with Gasteiger partial charge in [-0.15, -0.1) is 0 Å². The number of carbonyl (C=O) groups excluding carboxylic acids is 2. The summed E-state index contributed by atoms with van der Waals surface area (Å²) in [5.74, 6) is -0.396. The van der Waals surface area contributed by atoms with Crippen molar-refractivity contribution in [2.45, 2.75) is 18.9 Å². The van der Waals surface area contributed by atoms with Crippen LogP contribution in [0.5, 0.6) is 0 Å². The van der Waals surface area contributed by atoms with E-state index in [0.717, 1.165) is 16.7 Å². The zero-order valence-corrected chi connectivity index (χ0v) is 18.2. The van der Waals surface area contributed by atoms with Gasteiger partial charge in [0.25, 0.3) is 11.8 Å². The molecule has 1 unspecified atom stereocenters. The van der Waals surface area contributed by atoms with Gasteiger partial charge in [0.2, 0.25) is 0 Å². The summed E-state index contributed by atoms with van der Waals surface area (Å²) in [4.78, 5) is 32.0. The quantitative estimate of drug-likeness (QED) is 0.652. The van der Waals surface area contributed by atoms with E-state index in [9.17, 15) is 9.59 Å². The average molecular weight is 430 g/mol. The molecule has 0 saturated carbocycles. The van der Waals surface area contributed by atoms with E-state index in [4.69, 9.17) is 4.74 Å². The molecule has 1 aliphatic heterocycles. The second kappa shape index (κ2) is 9.75. The molecule has 3 aromatic rings. The van der Waals surface area contributed by atoms with Crippen molar-refractivity contribution in [2.75, 3.05) is 26.2 Å². The molecule has 6 nitrogen and oxygen atoms in total. The van der Waals surface area contributed by atoms with Gasteiger partial charge in [-0.2, -0.15) is 0 Å². The normalized spacial score (nSPS) is 18.2. The first-order valence-electron chi connectivity index (χ1n) is 10.9. The van der Waals surface area contributed by atoms with Gasteiger partial charge in [-0.25, -0.2) is 0 Å². The van der Waals surface area contributed by atoms with Gasteiger partial charge >= 0.3 is 0 Å². The predicted octanol–water partition coefficient (Wildman–Crippen LogP) is 3.34. The molecular weight excluding hydrogens is 402 g/mol. The van der Waals surface area contributed by atoms with E-state index in [1.54, 1.807) is 29.3 Å². The highest BCUT2D eigenvalue weighted by Crippen LogP contribution is 2.27. The fraction of sp³-hybridized carbons (Fsp3) is 0.269. The van der Waals surface area contributed by atoms with Crippen molar-refractivity contribution in [3.8, 4) is 11.1 Å². The van der Waals surface area contributed by atoms with Crippen LogP contribution in [-0.2, 0) is 16.0 Å². The number of ether oxygens (including phenoxy) is 1. The lowest BCUT2D eigenvalue weighted by Gasteiger charge is -2.41. The molecule has 0 radical (unpaired) electrons. The molecule has 4 rings (SSSR count). The van der Waals surface area contributed by atoms with Crippen molar-refractivity contribution < 1.29 is 14.3 Å². The molecule has 2 aromatic carbocycles. The molecular formula is C26H27N3O3. The summed E-state index contributed by atoms with van der Waals surface area (Å²) in [6.45, 7) is 3.25. The Balaban J connectivity index is 1.57. The van der Waals surface area contributed by atoms with Gasteiger partial charge in [0.15, 0.2) is 5.60 Å². The van der Waals surface area contributed by atoms with Gasteiger partial charge in [0, 0.05) is 25.7 Å². The molecule has 1 aromatic heterocycles. The maximum absolute atomic E-state index is 13.1. The molecule has 164 valence electrons. The molecule has 1 saturated heterocycles. The van der Waals surface area contributed by atoms with Gasteiger partial charge in [0.05, 0.1) is 13.2 Å². The molecule has 0 bridgehead atoms. The maximum Gasteiger partial charge on any atom is 0.272 e. The number of likely N-dealkylation sites (N-methyl/N-ethyl adjacent to an activating group) is 1. The van der Waals surface area contributed by atoms with E-state index < -0.39 is 5.60 Å². The number of carbonyl (C=O) groups is 2. The molecule has 32 heavy (non-hydrogen) atoms. The van der Waals surface area contributed by atoms with Crippen molar-refractivity contribution in [2.24, 2.45) is 0 Å². The Morgan fingerprint density at radius 3 is 2.41 bits per heavy atom. The minimum absolute atomic E-state index is 0.175. The Hall–Kier alpha value is -3.51. The van der Waals surface area contributed by atoms with Crippen LogP contribution in [-0.4, -0.2) is 53.5 Å². The van der Waals surface area contributed by atoms with E-state index in [-0.39, 0.29) is 25.0 Å². The first kappa shape index (κ1) is 21.7. The molecule has 1 N–H and O–H groups in total. The number of morpholine rings is 1. The maximum atomic E-state index is 13.1. The van der Waals surface area contributed by atoms with Crippen molar-refractivity contribution in [3.63, 3.8) is 0 Å². The number of hydrogen-bond acceptors (Lipinski definition) is 4. The van der Waals surface area contributed by atoms with Crippen LogP contribution >= 0.6 is 0 Å². The van der Waals surface area contributed by atoms with E-state index >= 15 is 0 Å². The molecule has 2 heterocycles. The zero-order valence-electron chi connectivity index (χ0n) is 18.2. The highest BCUT2D eigenvalue weighted by Gasteiger charge is 2.45. The van der Waals surface area contributed by atoms with Crippen LogP contribution in [0.2, 0.25) is 0 Å². The summed E-state index contributed by atoms with van der Waals surface area (Å²) >= 11 is 0. The lowest BCUT2D eigenvalue weighted by Crippen LogP contribution is -2.62. The smallest absolute Gasteiger partial charge is 0.272 e. The highest BCUT2D eigenvalue weighted by molar-refractivity contribution is 5.93. The summed E-state index contributed by atoms with van der Waals surface area (Å²) in [5.41, 5.74) is 2.44. The lowest BCUT2D eigenvalue weighted by molar-refractivity contribution is -0.157. The minimum atomic E-state index is -1.15. The van der Waals surface area contributed by atoms with Crippen molar-refractivity contribution in [3.05, 3.63) is 90.3 Å². The summed E-state index contributed by atoms with van der Waals surface area (Å²) in [5, 5.41) is 2.90. The van der Waals surface area contributed by atoms with Crippen LogP contribution in [0.4, 0.5) is 0 Å². The van der Waals surface area contributed by atoms with E-state index in [1.165, 1.54) is 0 Å². The largest absolute Gasteiger partial charge is 0.361 e. The fourth-order valence-electron chi connectivity index (χ4n) is 4.03. The third kappa shape index (κ3) is 4.70. The van der Waals surface area contributed by atoms with Crippen LogP contribution in [0.1, 0.15) is 23.0 Å². The molecule has 1 fully saturated rings. The van der Waals surface area contributed by atoms with Crippen molar-refractivity contribution in [1.82, 2.24) is 15.2 Å². The van der Waals surface area contributed by atoms with Gasteiger partial charge in [0.1, 0.15) is 5.69 Å². The van der Waals surface area contributed by atoms with E-state index in [1.807, 2.05) is 37.3 Å². The summed E-state index contributed by atoms with van der Waals surface area (Å²) in [7, 11) is 0. The Bertz CT molecular complexity index is 1050. The molecule has 0 aliphatic carbocycles. The standard InChI is InChI=1S/C26H27N3O3/c1-2-27-25(31)26(18-20-11-13-22(14-12-20)21-8-4-3-5-9-21)19-29(16-17-32-26)24(30)23-10-6-7-15-28-23/h3-15H,2,16-19H2,1H3,(H,27,31). The van der Waals surface area contributed by atoms with Crippen LogP contribution < -0.4 is 5.32 Å². The lowest BCUT2D eigenvalue weighted by atomic mass is 9.90. The molecule has 0 spiro atoms. The third-order valence-electron chi connectivity index (χ3n) is 5.66.